The molecule has 0 unspecified atom stereocenters. The molecule has 0 aliphatic rings. The summed E-state index contributed by atoms with van der Waals surface area (Å²) >= 11 is 9.53. The van der Waals surface area contributed by atoms with E-state index in [1.807, 2.05) is 5.43 Å². The van der Waals surface area contributed by atoms with Crippen molar-refractivity contribution >= 4 is 40.7 Å². The van der Waals surface area contributed by atoms with Gasteiger partial charge in [-0.15, -0.1) is 23.2 Å². The third-order valence-electron chi connectivity index (χ3n) is 3.26. The fourth-order valence-electron chi connectivity index (χ4n) is 1.92. The van der Waals surface area contributed by atoms with E-state index in [1.54, 1.807) is 27.7 Å². The second-order valence-corrected chi connectivity index (χ2v) is 8.09. The summed E-state index contributed by atoms with van der Waals surface area (Å²) < 4.78 is 55.1. The van der Waals surface area contributed by atoms with E-state index in [0.717, 1.165) is 12.1 Å². The first-order valence-electron chi connectivity index (χ1n) is 9.49. The van der Waals surface area contributed by atoms with Crippen LogP contribution in [-0.2, 0) is 4.74 Å². The van der Waals surface area contributed by atoms with Crippen molar-refractivity contribution in [1.29, 1.82) is 0 Å². The molecule has 1 amide bonds. The number of Topliss-reactive ketones (excluding diaryl/α,β-unsaturated/α-hetero) is 1. The van der Waals surface area contributed by atoms with E-state index < -0.39 is 40.7 Å². The molecule has 2 aromatic carbocycles. The summed E-state index contributed by atoms with van der Waals surface area (Å²) in [4.78, 5) is 21.0. The highest BCUT2D eigenvalue weighted by Crippen LogP contribution is 2.17. The van der Waals surface area contributed by atoms with Crippen molar-refractivity contribution in [1.82, 2.24) is 5.43 Å². The molecule has 0 aromatic heterocycles. The average molecular weight is 527 g/mol. The predicted octanol–water partition coefficient (Wildman–Crippen LogP) is 6.97. The first-order chi connectivity index (χ1) is 15.6. The second kappa shape index (κ2) is 16.9. The molecule has 0 aliphatic carbocycles. The monoisotopic (exact) mass is 526 g/mol. The van der Waals surface area contributed by atoms with Crippen LogP contribution in [0.2, 0.25) is 0 Å². The van der Waals surface area contributed by atoms with Gasteiger partial charge >= 0.3 is 6.09 Å². The Morgan fingerprint density at radius 1 is 0.941 bits per heavy atom. The number of carbonyl (C=O) groups excluding carboxylic acids is 2. The zero-order valence-corrected chi connectivity index (χ0v) is 21.0. The fourth-order valence-corrected chi connectivity index (χ4v) is 1.92. The Hall–Kier alpha value is -2.62. The molecule has 0 fully saturated rings. The molecule has 5 nitrogen and oxygen atoms in total. The van der Waals surface area contributed by atoms with Crippen LogP contribution in [0.4, 0.5) is 22.4 Å². The fraction of sp³-hybridized carbons (Fsp3) is 0.304. The van der Waals surface area contributed by atoms with Gasteiger partial charge in [0.1, 0.15) is 5.60 Å². The number of rotatable bonds is 2. The number of halogens is 6. The Kier molecular flexibility index (Phi) is 16.7. The number of hydrogen-bond acceptors (Lipinski definition) is 4. The van der Waals surface area contributed by atoms with Crippen LogP contribution >= 0.6 is 23.2 Å². The van der Waals surface area contributed by atoms with Gasteiger partial charge in [-0.05, 0) is 58.4 Å². The summed E-state index contributed by atoms with van der Waals surface area (Å²) in [5.74, 6) is 0.579. The molecular formula is C23H28Cl2F4N2O3. The van der Waals surface area contributed by atoms with Crippen LogP contribution in [0.25, 0.3) is 5.57 Å². The van der Waals surface area contributed by atoms with E-state index in [2.05, 4.69) is 6.58 Å². The van der Waals surface area contributed by atoms with Crippen molar-refractivity contribution in [3.63, 3.8) is 0 Å². The van der Waals surface area contributed by atoms with Crippen LogP contribution in [0.5, 0.6) is 0 Å². The summed E-state index contributed by atoms with van der Waals surface area (Å²) in [6.45, 7) is 11.6. The molecular weight excluding hydrogens is 499 g/mol. The molecule has 2 aromatic rings. The van der Waals surface area contributed by atoms with Gasteiger partial charge in [-0.25, -0.2) is 28.2 Å². The maximum Gasteiger partial charge on any atom is 0.421 e. The molecule has 3 N–H and O–H groups in total. The van der Waals surface area contributed by atoms with E-state index in [1.165, 1.54) is 31.2 Å². The molecule has 190 valence electrons. The largest absolute Gasteiger partial charge is 0.443 e. The first-order valence-corrected chi connectivity index (χ1v) is 10.6. The Labute approximate surface area is 206 Å². The quantitative estimate of drug-likeness (QED) is 0.110. The summed E-state index contributed by atoms with van der Waals surface area (Å²) in [6, 6.07) is 7.57. The highest BCUT2D eigenvalue weighted by Gasteiger charge is 2.14. The third kappa shape index (κ3) is 14.5. The standard InChI is InChI=1S/C9H8F2.C8H6F2O.C5H12N2O2.CH2Cl2/c1-6(2)7-4-3-5-8(10)9(7)11;1-5(11)6-3-2-4-7(9)8(6)10;1-5(2,3)9-4(8)7-6;2-1-3/h3-5H,1H2,2H3;2-4H,1H3;6H2,1-3H3,(H,7,8);1H2. The van der Waals surface area contributed by atoms with Crippen molar-refractivity contribution in [2.45, 2.75) is 40.2 Å². The van der Waals surface area contributed by atoms with Crippen LogP contribution in [-0.4, -0.2) is 22.8 Å². The van der Waals surface area contributed by atoms with Gasteiger partial charge < -0.3 is 4.74 Å². The van der Waals surface area contributed by atoms with Gasteiger partial charge in [0.05, 0.1) is 10.9 Å². The number of carbonyl (C=O) groups is 2. The molecule has 34 heavy (non-hydrogen) atoms. The second-order valence-electron chi connectivity index (χ2n) is 7.29. The predicted molar refractivity (Wildman–Crippen MR) is 128 cm³/mol. The van der Waals surface area contributed by atoms with Crippen LogP contribution in [0, 0.1) is 23.3 Å². The average Bonchev–Trinajstić information content (AvgIpc) is 2.72. The van der Waals surface area contributed by atoms with Crippen molar-refractivity contribution in [2.24, 2.45) is 5.84 Å². The minimum Gasteiger partial charge on any atom is -0.443 e. The Morgan fingerprint density at radius 3 is 1.56 bits per heavy atom. The van der Waals surface area contributed by atoms with Crippen LogP contribution < -0.4 is 11.3 Å². The van der Waals surface area contributed by atoms with Gasteiger partial charge in [-0.2, -0.15) is 0 Å². The van der Waals surface area contributed by atoms with E-state index in [9.17, 15) is 27.2 Å². The van der Waals surface area contributed by atoms with Crippen molar-refractivity contribution in [3.05, 3.63) is 77.4 Å². The van der Waals surface area contributed by atoms with Gasteiger partial charge in [0, 0.05) is 5.56 Å². The number of amides is 1. The Bertz CT molecular complexity index is 891. The third-order valence-corrected chi connectivity index (χ3v) is 3.26. The lowest BCUT2D eigenvalue weighted by atomic mass is 10.1. The van der Waals surface area contributed by atoms with Crippen molar-refractivity contribution in [2.75, 3.05) is 5.34 Å². The minimum absolute atomic E-state index is 0.194. The van der Waals surface area contributed by atoms with Gasteiger partial charge in [0.2, 0.25) is 0 Å². The number of nitrogens with two attached hydrogens (primary N) is 1. The molecule has 0 bridgehead atoms. The molecule has 0 aliphatic heterocycles. The number of ether oxygens (including phenoxy) is 1. The van der Waals surface area contributed by atoms with E-state index in [0.29, 0.717) is 5.57 Å². The lowest BCUT2D eigenvalue weighted by molar-refractivity contribution is 0.0527. The molecule has 0 saturated carbocycles. The molecule has 11 heteroatoms. The van der Waals surface area contributed by atoms with Crippen molar-refractivity contribution < 1.29 is 31.9 Å². The van der Waals surface area contributed by atoms with Crippen LogP contribution in [0.1, 0.15) is 50.5 Å². The van der Waals surface area contributed by atoms with E-state index in [-0.39, 0.29) is 16.5 Å². The van der Waals surface area contributed by atoms with Gasteiger partial charge in [0.15, 0.2) is 29.1 Å². The highest BCUT2D eigenvalue weighted by molar-refractivity contribution is 6.40. The number of nitrogens with one attached hydrogen (secondary N) is 1. The molecule has 0 atom stereocenters. The van der Waals surface area contributed by atoms with Crippen LogP contribution in [0.15, 0.2) is 43.0 Å². The lowest BCUT2D eigenvalue weighted by Crippen LogP contribution is -2.36. The molecule has 0 spiro atoms. The SMILES string of the molecule is C=C(C)c1cccc(F)c1F.CC(=O)c1cccc(F)c1F.CC(C)(C)OC(=O)NN.ClCCl. The molecule has 0 heterocycles. The summed E-state index contributed by atoms with van der Waals surface area (Å²) in [5, 5.41) is 0.194. The summed E-state index contributed by atoms with van der Waals surface area (Å²) in [6.07, 6.45) is -0.609. The highest BCUT2D eigenvalue weighted by atomic mass is 35.5. The molecule has 0 saturated heterocycles. The topological polar surface area (TPSA) is 81.4 Å². The smallest absolute Gasteiger partial charge is 0.421 e. The lowest BCUT2D eigenvalue weighted by Gasteiger charge is -2.18. The van der Waals surface area contributed by atoms with Gasteiger partial charge in [-0.1, -0.05) is 24.8 Å². The zero-order valence-electron chi connectivity index (χ0n) is 19.4. The molecule has 2 rings (SSSR count). The number of allylic oxidation sites excluding steroid dienone is 1. The van der Waals surface area contributed by atoms with E-state index >= 15 is 0 Å². The van der Waals surface area contributed by atoms with Crippen molar-refractivity contribution in [3.8, 4) is 0 Å². The van der Waals surface area contributed by atoms with E-state index in [4.69, 9.17) is 33.8 Å². The number of hydrogen-bond donors (Lipinski definition) is 2. The summed E-state index contributed by atoms with van der Waals surface area (Å²) in [5.41, 5.74) is 1.96. The Morgan fingerprint density at radius 2 is 1.32 bits per heavy atom. The number of ketones is 1. The molecule has 0 radical (unpaired) electrons. The first kappa shape index (κ1) is 33.6. The van der Waals surface area contributed by atoms with Gasteiger partial charge in [-0.3, -0.25) is 10.2 Å². The number of alkyl halides is 2. The number of benzene rings is 2. The maximum absolute atomic E-state index is 12.8. The Balaban J connectivity index is 0. The van der Waals surface area contributed by atoms with Gasteiger partial charge in [0.25, 0.3) is 0 Å². The zero-order chi connectivity index (χ0) is 27.1. The van der Waals surface area contributed by atoms with Crippen LogP contribution in [0.3, 0.4) is 0 Å². The minimum atomic E-state index is -1.07. The maximum atomic E-state index is 12.8. The number of hydrazine groups is 1. The summed E-state index contributed by atoms with van der Waals surface area (Å²) in [7, 11) is 0. The normalized spacial score (nSPS) is 9.65.